The van der Waals surface area contributed by atoms with Gasteiger partial charge >= 0.3 is 11.8 Å². The van der Waals surface area contributed by atoms with Gasteiger partial charge in [0, 0.05) is 17.1 Å². The van der Waals surface area contributed by atoms with Crippen LogP contribution >= 0.6 is 15.9 Å². The largest absolute Gasteiger partial charge is 0.489 e. The van der Waals surface area contributed by atoms with E-state index in [1.54, 1.807) is 18.2 Å². The molecule has 106 valence electrons. The molecule has 0 bridgehead atoms. The van der Waals surface area contributed by atoms with E-state index in [2.05, 4.69) is 38.4 Å². The van der Waals surface area contributed by atoms with E-state index >= 15 is 0 Å². The Morgan fingerprint density at radius 3 is 2.85 bits per heavy atom. The standard InChI is InChI=1S/C13H14BrN3O3/c1-3-6-20-11-5-4-10(14)7-9(11)8-16-17-13(19)12(18)15-2/h3-5,7-8H,1,6H2,2H3,(H,15,18)(H,17,19)/b16-8-. The van der Waals surface area contributed by atoms with Crippen LogP contribution in [0, 0.1) is 0 Å². The van der Waals surface area contributed by atoms with Crippen molar-refractivity contribution in [2.24, 2.45) is 5.10 Å². The predicted molar refractivity (Wildman–Crippen MR) is 79.6 cm³/mol. The topological polar surface area (TPSA) is 79.8 Å². The number of nitrogens with zero attached hydrogens (tertiary/aromatic N) is 1. The molecule has 0 aliphatic carbocycles. The van der Waals surface area contributed by atoms with E-state index < -0.39 is 11.8 Å². The number of carbonyl (C=O) groups is 2. The van der Waals surface area contributed by atoms with Crippen molar-refractivity contribution in [3.63, 3.8) is 0 Å². The number of likely N-dealkylation sites (N-methyl/N-ethyl adjacent to an activating group) is 1. The first-order valence-electron chi connectivity index (χ1n) is 5.67. The molecule has 2 amide bonds. The number of rotatable bonds is 5. The van der Waals surface area contributed by atoms with Gasteiger partial charge in [-0.25, -0.2) is 5.43 Å². The fourth-order valence-electron chi connectivity index (χ4n) is 1.23. The summed E-state index contributed by atoms with van der Waals surface area (Å²) in [7, 11) is 1.36. The first-order chi connectivity index (χ1) is 9.58. The third-order valence-electron chi connectivity index (χ3n) is 2.13. The van der Waals surface area contributed by atoms with Crippen LogP contribution in [0.4, 0.5) is 0 Å². The molecule has 2 N–H and O–H groups in total. The minimum absolute atomic E-state index is 0.354. The highest BCUT2D eigenvalue weighted by Crippen LogP contribution is 2.21. The molecule has 0 radical (unpaired) electrons. The van der Waals surface area contributed by atoms with Crippen molar-refractivity contribution in [2.45, 2.75) is 0 Å². The molecule has 0 unspecified atom stereocenters. The summed E-state index contributed by atoms with van der Waals surface area (Å²) in [5.41, 5.74) is 2.76. The maximum atomic E-state index is 11.2. The summed E-state index contributed by atoms with van der Waals surface area (Å²) in [5, 5.41) is 5.90. The highest BCUT2D eigenvalue weighted by molar-refractivity contribution is 9.10. The van der Waals surface area contributed by atoms with E-state index in [1.165, 1.54) is 13.3 Å². The zero-order chi connectivity index (χ0) is 15.0. The monoisotopic (exact) mass is 339 g/mol. The Labute approximate surface area is 125 Å². The van der Waals surface area contributed by atoms with E-state index in [0.29, 0.717) is 17.9 Å². The lowest BCUT2D eigenvalue weighted by atomic mass is 10.2. The molecular formula is C13H14BrN3O3. The van der Waals surface area contributed by atoms with Crippen molar-refractivity contribution < 1.29 is 14.3 Å². The van der Waals surface area contributed by atoms with Gasteiger partial charge in [0.2, 0.25) is 0 Å². The van der Waals surface area contributed by atoms with Gasteiger partial charge in [-0.3, -0.25) is 9.59 Å². The minimum atomic E-state index is -0.840. The Morgan fingerprint density at radius 2 is 2.20 bits per heavy atom. The molecule has 0 fully saturated rings. The van der Waals surface area contributed by atoms with Crippen LogP contribution in [-0.4, -0.2) is 31.7 Å². The molecule has 0 aliphatic rings. The second-order valence-electron chi connectivity index (χ2n) is 3.56. The highest BCUT2D eigenvalue weighted by Gasteiger charge is 2.09. The third-order valence-corrected chi connectivity index (χ3v) is 2.62. The van der Waals surface area contributed by atoms with Crippen LogP contribution in [0.15, 0.2) is 40.4 Å². The number of amides is 2. The van der Waals surface area contributed by atoms with Gasteiger partial charge in [-0.2, -0.15) is 5.10 Å². The summed E-state index contributed by atoms with van der Waals surface area (Å²) in [6, 6.07) is 5.35. The molecule has 6 nitrogen and oxygen atoms in total. The van der Waals surface area contributed by atoms with Crippen LogP contribution in [0.25, 0.3) is 0 Å². The first-order valence-corrected chi connectivity index (χ1v) is 6.46. The van der Waals surface area contributed by atoms with Crippen molar-refractivity contribution in [3.8, 4) is 5.75 Å². The van der Waals surface area contributed by atoms with E-state index in [4.69, 9.17) is 4.74 Å². The van der Waals surface area contributed by atoms with Crippen molar-refractivity contribution in [1.82, 2.24) is 10.7 Å². The quantitative estimate of drug-likeness (QED) is 0.366. The van der Waals surface area contributed by atoms with Gasteiger partial charge in [-0.15, -0.1) is 0 Å². The fourth-order valence-corrected chi connectivity index (χ4v) is 1.60. The Bertz CT molecular complexity index is 544. The smallest absolute Gasteiger partial charge is 0.329 e. The Morgan fingerprint density at radius 1 is 1.45 bits per heavy atom. The molecule has 0 aromatic heterocycles. The van der Waals surface area contributed by atoms with Gasteiger partial charge in [0.05, 0.1) is 6.21 Å². The molecule has 7 heteroatoms. The van der Waals surface area contributed by atoms with Crippen LogP contribution < -0.4 is 15.5 Å². The van der Waals surface area contributed by atoms with Crippen molar-refractivity contribution in [2.75, 3.05) is 13.7 Å². The van der Waals surface area contributed by atoms with E-state index in [1.807, 2.05) is 6.07 Å². The van der Waals surface area contributed by atoms with E-state index in [-0.39, 0.29) is 0 Å². The normalized spacial score (nSPS) is 10.1. The van der Waals surface area contributed by atoms with Crippen LogP contribution in [-0.2, 0) is 9.59 Å². The first kappa shape index (κ1) is 15.9. The second-order valence-corrected chi connectivity index (χ2v) is 4.48. The molecule has 1 aromatic carbocycles. The minimum Gasteiger partial charge on any atom is -0.489 e. The number of benzene rings is 1. The van der Waals surface area contributed by atoms with Gasteiger partial charge in [-0.1, -0.05) is 28.6 Å². The summed E-state index contributed by atoms with van der Waals surface area (Å²) in [6.45, 7) is 3.92. The van der Waals surface area contributed by atoms with Gasteiger partial charge in [0.15, 0.2) is 0 Å². The number of hydrogen-bond donors (Lipinski definition) is 2. The lowest BCUT2D eigenvalue weighted by Gasteiger charge is -2.07. The van der Waals surface area contributed by atoms with E-state index in [0.717, 1.165) is 4.47 Å². The molecule has 0 spiro atoms. The number of hydrazone groups is 1. The van der Waals surface area contributed by atoms with Gasteiger partial charge in [0.25, 0.3) is 0 Å². The molecule has 0 saturated heterocycles. The third kappa shape index (κ3) is 4.85. The fraction of sp³-hybridized carbons (Fsp3) is 0.154. The average Bonchev–Trinajstić information content (AvgIpc) is 2.45. The summed E-state index contributed by atoms with van der Waals surface area (Å²) < 4.78 is 6.28. The SMILES string of the molecule is C=CCOc1ccc(Br)cc1/C=N\NC(=O)C(=O)NC. The Balaban J connectivity index is 2.79. The maximum absolute atomic E-state index is 11.2. The van der Waals surface area contributed by atoms with E-state index in [9.17, 15) is 9.59 Å². The molecule has 0 aliphatic heterocycles. The summed E-state index contributed by atoms with van der Waals surface area (Å²) in [4.78, 5) is 22.2. The van der Waals surface area contributed by atoms with Crippen LogP contribution in [0.1, 0.15) is 5.56 Å². The van der Waals surface area contributed by atoms with Gasteiger partial charge in [-0.05, 0) is 18.2 Å². The zero-order valence-electron chi connectivity index (χ0n) is 10.9. The number of carbonyl (C=O) groups excluding carboxylic acids is 2. The lowest BCUT2D eigenvalue weighted by Crippen LogP contribution is -2.35. The molecule has 1 rings (SSSR count). The van der Waals surface area contributed by atoms with Crippen LogP contribution in [0.5, 0.6) is 5.75 Å². The van der Waals surface area contributed by atoms with Crippen LogP contribution in [0.3, 0.4) is 0 Å². The van der Waals surface area contributed by atoms with Crippen molar-refractivity contribution in [1.29, 1.82) is 0 Å². The van der Waals surface area contributed by atoms with Crippen LogP contribution in [0.2, 0.25) is 0 Å². The predicted octanol–water partition coefficient (Wildman–Crippen LogP) is 1.21. The molecule has 0 saturated carbocycles. The number of ether oxygens (including phenoxy) is 1. The zero-order valence-corrected chi connectivity index (χ0v) is 12.4. The molecule has 0 heterocycles. The van der Waals surface area contributed by atoms with Gasteiger partial charge in [0.1, 0.15) is 12.4 Å². The molecular weight excluding hydrogens is 326 g/mol. The van der Waals surface area contributed by atoms with Crippen molar-refractivity contribution in [3.05, 3.63) is 40.9 Å². The highest BCUT2D eigenvalue weighted by atomic mass is 79.9. The molecule has 20 heavy (non-hydrogen) atoms. The Kier molecular flexibility index (Phi) is 6.45. The summed E-state index contributed by atoms with van der Waals surface area (Å²) in [5.74, 6) is -1.02. The maximum Gasteiger partial charge on any atom is 0.329 e. The second kappa shape index (κ2) is 8.11. The average molecular weight is 340 g/mol. The number of hydrogen-bond acceptors (Lipinski definition) is 4. The molecule has 1 aromatic rings. The lowest BCUT2D eigenvalue weighted by molar-refractivity contribution is -0.138. The van der Waals surface area contributed by atoms with Crippen molar-refractivity contribution >= 4 is 34.0 Å². The Hall–Kier alpha value is -2.15. The number of halogens is 1. The summed E-state index contributed by atoms with van der Waals surface area (Å²) >= 11 is 3.33. The number of nitrogens with one attached hydrogen (secondary N) is 2. The van der Waals surface area contributed by atoms with Gasteiger partial charge < -0.3 is 10.1 Å². The molecule has 0 atom stereocenters. The summed E-state index contributed by atoms with van der Waals surface area (Å²) in [6.07, 6.45) is 3.01.